The molecule has 9 aromatic heterocycles. The molecule has 3 aliphatic heterocycles. The minimum atomic E-state index is -0.294. The molecule has 0 bridgehead atoms. The second-order valence-electron chi connectivity index (χ2n) is 37.3. The van der Waals surface area contributed by atoms with E-state index in [0.29, 0.717) is 68.4 Å². The van der Waals surface area contributed by atoms with Gasteiger partial charge in [-0.3, -0.25) is 9.59 Å². The number of Topliss-reactive ketones (excluding diaryl/α,β-unsaturated/α-hetero) is 1. The van der Waals surface area contributed by atoms with Gasteiger partial charge in [-0.15, -0.1) is 0 Å². The average Bonchev–Trinajstić information content (AvgIpc) is 0.748. The maximum atomic E-state index is 13.0. The smallest absolute Gasteiger partial charge is 0.219 e. The van der Waals surface area contributed by atoms with Gasteiger partial charge in [0.15, 0.2) is 51.1 Å². The number of hydrogen-bond donors (Lipinski definition) is 0. The highest BCUT2D eigenvalue weighted by atomic mass is 16.5. The predicted octanol–water partition coefficient (Wildman–Crippen LogP) is 24.7. The van der Waals surface area contributed by atoms with Gasteiger partial charge >= 0.3 is 0 Å². The fourth-order valence-corrected chi connectivity index (χ4v) is 18.1. The number of rotatable bonds is 6. The van der Waals surface area contributed by atoms with Crippen LogP contribution in [0.25, 0.3) is 72.6 Å². The van der Waals surface area contributed by atoms with E-state index in [0.717, 1.165) is 160 Å². The molecular weight excluding hydrogens is 1670 g/mol. The molecule has 134 heavy (non-hydrogen) atoms. The Morgan fingerprint density at radius 1 is 0.291 bits per heavy atom. The Bertz CT molecular complexity index is 7250. The lowest BCUT2D eigenvalue weighted by Crippen LogP contribution is -2.31. The molecule has 0 amide bonds. The van der Waals surface area contributed by atoms with Crippen molar-refractivity contribution in [3.8, 4) is 50.9 Å². The Kier molecular flexibility index (Phi) is 28.8. The number of allylic oxidation sites excluding steroid dienone is 2. The minimum Gasteiger partial charge on any atom is -0.482 e. The average molecular weight is 1790 g/mol. The van der Waals surface area contributed by atoms with Crippen LogP contribution in [0.5, 0.6) is 17.2 Å². The maximum absolute atomic E-state index is 13.0. The third kappa shape index (κ3) is 20.5. The molecule has 0 saturated heterocycles. The van der Waals surface area contributed by atoms with Gasteiger partial charge in [-0.2, -0.15) is 0 Å². The van der Waals surface area contributed by atoms with Crippen molar-refractivity contribution in [2.45, 2.75) is 274 Å². The van der Waals surface area contributed by atoms with Gasteiger partial charge in [-0.1, -0.05) is 62.4 Å². The van der Waals surface area contributed by atoms with Gasteiger partial charge in [0, 0.05) is 29.0 Å². The normalized spacial score (nSPS) is 14.7. The maximum Gasteiger partial charge on any atom is 0.219 e. The largest absolute Gasteiger partial charge is 0.482 e. The van der Waals surface area contributed by atoms with Crippen LogP contribution in [0.15, 0.2) is 87.8 Å². The number of carbonyl (C=O) groups is 1. The van der Waals surface area contributed by atoms with Crippen LogP contribution >= 0.6 is 0 Å². The summed E-state index contributed by atoms with van der Waals surface area (Å²) in [4.78, 5) is 97.5. The highest BCUT2D eigenvalue weighted by Crippen LogP contribution is 2.44. The molecule has 0 aliphatic carbocycles. The molecule has 18 rings (SSSR count). The van der Waals surface area contributed by atoms with Crippen LogP contribution in [0.1, 0.15) is 258 Å². The summed E-state index contributed by atoms with van der Waals surface area (Å²) in [7, 11) is 0. The van der Waals surface area contributed by atoms with Gasteiger partial charge in [-0.25, -0.2) is 79.7 Å². The van der Waals surface area contributed by atoms with Gasteiger partial charge in [0.25, 0.3) is 0 Å². The first kappa shape index (κ1) is 98.0. The summed E-state index contributed by atoms with van der Waals surface area (Å²) in [5, 5.41) is 0. The lowest BCUT2D eigenvalue weighted by molar-refractivity contribution is 0.0673. The summed E-state index contributed by atoms with van der Waals surface area (Å²) in [6.45, 7) is 73.1. The van der Waals surface area contributed by atoms with Gasteiger partial charge < -0.3 is 18.6 Å². The fraction of sp³-hybridized carbons (Fsp3) is 0.375. The molecule has 0 saturated carbocycles. The van der Waals surface area contributed by atoms with E-state index in [2.05, 4.69) is 262 Å². The molecule has 22 heteroatoms. The van der Waals surface area contributed by atoms with Crippen molar-refractivity contribution in [1.82, 2.24) is 79.7 Å². The molecule has 15 aromatic rings. The van der Waals surface area contributed by atoms with Crippen LogP contribution in [-0.4, -0.2) is 85.5 Å². The number of benzene rings is 6. The second-order valence-corrected chi connectivity index (χ2v) is 37.3. The Morgan fingerprint density at radius 3 is 1.13 bits per heavy atom. The predicted molar refractivity (Wildman–Crippen MR) is 536 cm³/mol. The summed E-state index contributed by atoms with van der Waals surface area (Å²) in [6.07, 6.45) is 1.53. The first-order valence-corrected chi connectivity index (χ1v) is 46.1. The topological polar surface area (TPSA) is 281 Å². The molecule has 12 heterocycles. The Morgan fingerprint density at radius 2 is 0.649 bits per heavy atom. The van der Waals surface area contributed by atoms with Crippen LogP contribution in [0.4, 0.5) is 0 Å². The summed E-state index contributed by atoms with van der Waals surface area (Å²) in [6, 6.07) is 26.0. The third-order valence-electron chi connectivity index (χ3n) is 26.9. The number of nitrogens with zero attached hydrogens (tertiary/aromatic N) is 16. The number of aryl methyl sites for hydroxylation is 27. The monoisotopic (exact) mass is 1790 g/mol. The third-order valence-corrected chi connectivity index (χ3v) is 26.9. The van der Waals surface area contributed by atoms with Crippen molar-refractivity contribution in [3.63, 3.8) is 0 Å². The van der Waals surface area contributed by atoms with Crippen molar-refractivity contribution < 1.29 is 23.4 Å². The zero-order valence-corrected chi connectivity index (χ0v) is 85.3. The lowest BCUT2D eigenvalue weighted by atomic mass is 9.87. The van der Waals surface area contributed by atoms with E-state index in [-0.39, 0.29) is 29.3 Å². The Labute approximate surface area is 789 Å². The number of carbonyl (C=O) groups excluding carboxylic acids is 1. The summed E-state index contributed by atoms with van der Waals surface area (Å²) in [5.74, 6) is 8.21. The molecule has 3 aliphatic rings. The van der Waals surface area contributed by atoms with E-state index in [1.54, 1.807) is 13.8 Å². The Balaban J connectivity index is 0.000000136. The lowest BCUT2D eigenvalue weighted by Gasteiger charge is -2.32. The zero-order valence-electron chi connectivity index (χ0n) is 85.3. The standard InChI is InChI=1S/C19H22N2O2.C19H20N2O2.C19H22N2O.C19H24N2O.2C18H20N4/c1-9-7-15(8-10(2)11(9)3)18-12(4)17(22)16-19(23-18)13(5)20-14(6)21-16;1-9-7-15(8-10(2)11(9)3)16-13(5)23-19-12(4)20-14(6)21-17(19)18(16)22;1-10-7-16(8-11(2)12(10)3)17-9-18-19(22-14(17)5)13(4)20-15(6)21-18;1-10-7-16(8-11(2)13(10)4)18-12(3)9-17-19(22-18)14(5)20-15(6)21-17;1-9-7-15(8-10(2)11(9)3)16-12(4)20-18-17(22-16)13(5)19-14(6)21-18;1-9-7-15(8-10(2)11(9)3)16-12(4)20-17-13(5)19-14(6)21-18(17)22-16/h7-8,12,18H,1-6H3;7-8H,1-6H3;7-8H,9H2,1-6H3;7-8,12,18H,9H2,1-6H3;2*7-8H,1-6H3. The molecule has 0 spiro atoms. The van der Waals surface area contributed by atoms with Crippen molar-refractivity contribution in [1.29, 1.82) is 0 Å². The molecule has 6 aromatic carbocycles. The second kappa shape index (κ2) is 39.4. The molecule has 4 unspecified atom stereocenters. The molecular formula is C112H128N16O6. The van der Waals surface area contributed by atoms with Crippen molar-refractivity contribution in [2.24, 2.45) is 11.8 Å². The van der Waals surface area contributed by atoms with Gasteiger partial charge in [0.05, 0.1) is 79.8 Å². The van der Waals surface area contributed by atoms with E-state index in [1.165, 1.54) is 106 Å². The Hall–Kier alpha value is -13.5. The van der Waals surface area contributed by atoms with Crippen LogP contribution in [0, 0.1) is 240 Å². The van der Waals surface area contributed by atoms with Crippen molar-refractivity contribution >= 4 is 44.8 Å². The number of fused-ring (bicyclic) bond motifs is 6. The van der Waals surface area contributed by atoms with Crippen LogP contribution in [0.3, 0.4) is 0 Å². The SMILES string of the molecule is CC1=C(c2cc(C)c(C)c(C)c2)Cc2nc(C)nc(C)c2O1.Cc1nc(C)c2c(n1)C(=O)C(C)C(c1cc(C)c(C)c(C)c1)O2.Cc1nc(C)c2c(n1)CC(C)C(c1cc(C)c(C)c(C)c1)O2.Cc1nc(C)c2nc(-c3cc(C)c(C)c(C)c3)c(C)nc2n1.Cc1nc(C)c2nc(C)c(-c3cc(C)c(C)c(C)c3)nc2n1.Cc1nc(C)c2oc(C)c(-c3cc(C)c(C)c(C)c3)c(=O)c2n1. The first-order chi connectivity index (χ1) is 63.0. The first-order valence-electron chi connectivity index (χ1n) is 46.1. The minimum absolute atomic E-state index is 0.0285. The molecule has 0 radical (unpaired) electrons. The van der Waals surface area contributed by atoms with Crippen LogP contribution in [0.2, 0.25) is 0 Å². The van der Waals surface area contributed by atoms with Crippen molar-refractivity contribution in [2.75, 3.05) is 0 Å². The van der Waals surface area contributed by atoms with Gasteiger partial charge in [0.1, 0.15) is 69.7 Å². The van der Waals surface area contributed by atoms with E-state index >= 15 is 0 Å². The number of ketones is 1. The summed E-state index contributed by atoms with van der Waals surface area (Å²) < 4.78 is 24.5. The highest BCUT2D eigenvalue weighted by Gasteiger charge is 2.39. The molecule has 0 fully saturated rings. The van der Waals surface area contributed by atoms with Gasteiger partial charge in [-0.05, 0) is 388 Å². The highest BCUT2D eigenvalue weighted by molar-refractivity contribution is 6.00. The summed E-state index contributed by atoms with van der Waals surface area (Å²) >= 11 is 0. The van der Waals surface area contributed by atoms with Crippen LogP contribution < -0.4 is 19.6 Å². The number of ether oxygens (including phenoxy) is 3. The van der Waals surface area contributed by atoms with E-state index in [1.807, 2.05) is 116 Å². The number of aromatic nitrogens is 16. The van der Waals surface area contributed by atoms with Crippen LogP contribution in [-0.2, 0) is 12.8 Å². The van der Waals surface area contributed by atoms with E-state index in [9.17, 15) is 9.59 Å². The molecule has 4 atom stereocenters. The van der Waals surface area contributed by atoms with E-state index < -0.39 is 0 Å². The molecule has 22 nitrogen and oxygen atoms in total. The summed E-state index contributed by atoms with van der Waals surface area (Å²) in [5.41, 5.74) is 46.1. The molecule has 0 N–H and O–H groups in total. The van der Waals surface area contributed by atoms with Crippen molar-refractivity contribution in [3.05, 3.63) is 309 Å². The quantitative estimate of drug-likeness (QED) is 0.149. The number of hydrogen-bond acceptors (Lipinski definition) is 22. The molecule has 692 valence electrons. The van der Waals surface area contributed by atoms with Gasteiger partial charge in [0.2, 0.25) is 5.43 Å². The zero-order chi connectivity index (χ0) is 97.8. The van der Waals surface area contributed by atoms with E-state index in [4.69, 9.17) is 28.6 Å². The fourth-order valence-electron chi connectivity index (χ4n) is 18.1.